The molecule has 1 heterocycles. The molecule has 0 amide bonds. The van der Waals surface area contributed by atoms with Crippen LogP contribution in [0, 0.1) is 5.41 Å². The van der Waals surface area contributed by atoms with Crippen molar-refractivity contribution in [1.82, 2.24) is 0 Å². The SMILES string of the molecule is C=C(C)C(=O)OC1CCC(Oc2ccc3cc(-c4ccc(CCCCC)cc4OC)oc3c2)C1(C)C. The van der Waals surface area contributed by atoms with Crippen LogP contribution in [0.5, 0.6) is 11.5 Å². The highest BCUT2D eigenvalue weighted by Gasteiger charge is 2.47. The second-order valence-electron chi connectivity index (χ2n) is 10.5. The topological polar surface area (TPSA) is 57.9 Å². The van der Waals surface area contributed by atoms with Crippen LogP contribution in [0.3, 0.4) is 0 Å². The molecular formula is C31H38O5. The van der Waals surface area contributed by atoms with E-state index < -0.39 is 0 Å². The number of hydrogen-bond acceptors (Lipinski definition) is 5. The molecule has 36 heavy (non-hydrogen) atoms. The van der Waals surface area contributed by atoms with Crippen molar-refractivity contribution >= 4 is 16.9 Å². The van der Waals surface area contributed by atoms with Gasteiger partial charge in [0.05, 0.1) is 12.7 Å². The first-order valence-electron chi connectivity index (χ1n) is 13.0. The van der Waals surface area contributed by atoms with Gasteiger partial charge in [0.2, 0.25) is 0 Å². The minimum absolute atomic E-state index is 0.0762. The Morgan fingerprint density at radius 2 is 1.86 bits per heavy atom. The monoisotopic (exact) mass is 490 g/mol. The average Bonchev–Trinajstić information content (AvgIpc) is 3.39. The molecule has 2 unspecified atom stereocenters. The number of aryl methyl sites for hydroxylation is 1. The van der Waals surface area contributed by atoms with Gasteiger partial charge in [0.25, 0.3) is 0 Å². The molecule has 5 nitrogen and oxygen atoms in total. The predicted octanol–water partition coefficient (Wildman–Crippen LogP) is 7.90. The molecule has 1 aliphatic rings. The first-order chi connectivity index (χ1) is 17.2. The minimum atomic E-state index is -0.345. The lowest BCUT2D eigenvalue weighted by molar-refractivity contribution is -0.150. The fourth-order valence-electron chi connectivity index (χ4n) is 4.96. The summed E-state index contributed by atoms with van der Waals surface area (Å²) in [5, 5.41) is 1.00. The molecule has 3 aromatic rings. The number of esters is 1. The van der Waals surface area contributed by atoms with Crippen LogP contribution >= 0.6 is 0 Å². The molecule has 2 aromatic carbocycles. The number of methoxy groups -OCH3 is 1. The van der Waals surface area contributed by atoms with E-state index in [9.17, 15) is 4.79 Å². The lowest BCUT2D eigenvalue weighted by atomic mass is 9.86. The zero-order valence-electron chi connectivity index (χ0n) is 22.2. The van der Waals surface area contributed by atoms with E-state index in [2.05, 4.69) is 45.5 Å². The van der Waals surface area contributed by atoms with Crippen LogP contribution in [0.4, 0.5) is 0 Å². The van der Waals surface area contributed by atoms with Crippen LogP contribution in [0.15, 0.2) is 59.0 Å². The van der Waals surface area contributed by atoms with Crippen molar-refractivity contribution in [2.24, 2.45) is 5.41 Å². The predicted molar refractivity (Wildman–Crippen MR) is 144 cm³/mol. The van der Waals surface area contributed by atoms with Crippen LogP contribution in [0.1, 0.15) is 65.4 Å². The number of carbonyl (C=O) groups is 1. The summed E-state index contributed by atoms with van der Waals surface area (Å²) < 4.78 is 24.0. The number of fused-ring (bicyclic) bond motifs is 1. The van der Waals surface area contributed by atoms with E-state index in [0.717, 1.165) is 53.1 Å². The molecular weight excluding hydrogens is 452 g/mol. The second-order valence-corrected chi connectivity index (χ2v) is 10.5. The lowest BCUT2D eigenvalue weighted by Gasteiger charge is -2.32. The summed E-state index contributed by atoms with van der Waals surface area (Å²) in [6.07, 6.45) is 5.97. The van der Waals surface area contributed by atoms with Gasteiger partial charge in [0, 0.05) is 22.4 Å². The van der Waals surface area contributed by atoms with Crippen LogP contribution in [-0.2, 0) is 16.0 Å². The van der Waals surface area contributed by atoms with E-state index in [0.29, 0.717) is 5.57 Å². The molecule has 1 aliphatic carbocycles. The van der Waals surface area contributed by atoms with Crippen molar-refractivity contribution in [3.05, 3.63) is 60.2 Å². The summed E-state index contributed by atoms with van der Waals surface area (Å²) >= 11 is 0. The molecule has 0 bridgehead atoms. The molecule has 2 atom stereocenters. The fourth-order valence-corrected chi connectivity index (χ4v) is 4.96. The smallest absolute Gasteiger partial charge is 0.333 e. The Morgan fingerprint density at radius 1 is 1.08 bits per heavy atom. The summed E-state index contributed by atoms with van der Waals surface area (Å²) in [5.41, 5.74) is 3.08. The number of carbonyl (C=O) groups excluding carboxylic acids is 1. The number of hydrogen-bond donors (Lipinski definition) is 0. The molecule has 0 spiro atoms. The van der Waals surface area contributed by atoms with Gasteiger partial charge in [-0.25, -0.2) is 4.79 Å². The third-order valence-corrected chi connectivity index (χ3v) is 7.32. The second kappa shape index (κ2) is 10.8. The van der Waals surface area contributed by atoms with Crippen molar-refractivity contribution < 1.29 is 23.4 Å². The maximum atomic E-state index is 12.1. The molecule has 0 radical (unpaired) electrons. The number of furan rings is 1. The zero-order valence-corrected chi connectivity index (χ0v) is 22.2. The van der Waals surface area contributed by atoms with Gasteiger partial charge in [-0.3, -0.25) is 0 Å². The Bertz CT molecular complexity index is 1230. The Labute approximate surface area is 214 Å². The van der Waals surface area contributed by atoms with Crippen LogP contribution < -0.4 is 9.47 Å². The first-order valence-corrected chi connectivity index (χ1v) is 13.0. The maximum absolute atomic E-state index is 12.1. The zero-order chi connectivity index (χ0) is 25.9. The third kappa shape index (κ3) is 5.45. The normalized spacial score (nSPS) is 18.8. The van der Waals surface area contributed by atoms with E-state index in [1.54, 1.807) is 14.0 Å². The highest BCUT2D eigenvalue weighted by Crippen LogP contribution is 2.43. The summed E-state index contributed by atoms with van der Waals surface area (Å²) in [5.74, 6) is 1.99. The highest BCUT2D eigenvalue weighted by molar-refractivity contribution is 5.87. The van der Waals surface area contributed by atoms with E-state index in [4.69, 9.17) is 18.6 Å². The number of rotatable bonds is 10. The molecule has 4 rings (SSSR count). The summed E-state index contributed by atoms with van der Waals surface area (Å²) in [6, 6.07) is 14.3. The third-order valence-electron chi connectivity index (χ3n) is 7.32. The summed E-state index contributed by atoms with van der Waals surface area (Å²) in [6.45, 7) is 11.7. The fraction of sp³-hybridized carbons (Fsp3) is 0.452. The summed E-state index contributed by atoms with van der Waals surface area (Å²) in [4.78, 5) is 12.1. The van der Waals surface area contributed by atoms with Crippen molar-refractivity contribution in [3.63, 3.8) is 0 Å². The quantitative estimate of drug-likeness (QED) is 0.164. The maximum Gasteiger partial charge on any atom is 0.333 e. The lowest BCUT2D eigenvalue weighted by Crippen LogP contribution is -2.38. The Morgan fingerprint density at radius 3 is 2.58 bits per heavy atom. The van der Waals surface area contributed by atoms with E-state index >= 15 is 0 Å². The van der Waals surface area contributed by atoms with E-state index in [-0.39, 0.29) is 23.6 Å². The molecule has 5 heteroatoms. The van der Waals surface area contributed by atoms with Gasteiger partial charge in [-0.1, -0.05) is 46.3 Å². The van der Waals surface area contributed by atoms with Crippen molar-refractivity contribution in [1.29, 1.82) is 0 Å². The van der Waals surface area contributed by atoms with Gasteiger partial charge in [-0.2, -0.15) is 0 Å². The Hall–Kier alpha value is -3.21. The van der Waals surface area contributed by atoms with Crippen LogP contribution in [0.2, 0.25) is 0 Å². The van der Waals surface area contributed by atoms with E-state index in [1.165, 1.54) is 24.8 Å². The summed E-state index contributed by atoms with van der Waals surface area (Å²) in [7, 11) is 1.70. The van der Waals surface area contributed by atoms with E-state index in [1.807, 2.05) is 24.3 Å². The number of ether oxygens (including phenoxy) is 3. The van der Waals surface area contributed by atoms with Gasteiger partial charge < -0.3 is 18.6 Å². The molecule has 192 valence electrons. The van der Waals surface area contributed by atoms with Gasteiger partial charge in [0.1, 0.15) is 35.1 Å². The molecule has 1 saturated carbocycles. The molecule has 0 saturated heterocycles. The molecule has 1 aromatic heterocycles. The Kier molecular flexibility index (Phi) is 7.77. The van der Waals surface area contributed by atoms with Crippen molar-refractivity contribution in [2.75, 3.05) is 7.11 Å². The average molecular weight is 491 g/mol. The van der Waals surface area contributed by atoms with Crippen molar-refractivity contribution in [3.8, 4) is 22.8 Å². The highest BCUT2D eigenvalue weighted by atomic mass is 16.6. The van der Waals surface area contributed by atoms with Crippen LogP contribution in [-0.4, -0.2) is 25.3 Å². The number of unbranched alkanes of at least 4 members (excludes halogenated alkanes) is 2. The first kappa shape index (κ1) is 25.9. The largest absolute Gasteiger partial charge is 0.496 e. The Balaban J connectivity index is 1.51. The number of benzene rings is 2. The van der Waals surface area contributed by atoms with Gasteiger partial charge in [0.15, 0.2) is 0 Å². The van der Waals surface area contributed by atoms with Crippen molar-refractivity contribution in [2.45, 2.75) is 78.4 Å². The van der Waals surface area contributed by atoms with Gasteiger partial charge >= 0.3 is 5.97 Å². The molecule has 0 N–H and O–H groups in total. The molecule has 0 aliphatic heterocycles. The molecule has 1 fully saturated rings. The van der Waals surface area contributed by atoms with Gasteiger partial charge in [-0.05, 0) is 68.5 Å². The minimum Gasteiger partial charge on any atom is -0.496 e. The van der Waals surface area contributed by atoms with Gasteiger partial charge in [-0.15, -0.1) is 0 Å². The van der Waals surface area contributed by atoms with Crippen LogP contribution in [0.25, 0.3) is 22.3 Å². The standard InChI is InChI=1S/C31H38O5/c1-7-8-9-10-21-11-14-24(26(17-21)33-6)27-18-22-12-13-23(19-25(22)35-27)34-28-15-16-29(31(28,4)5)36-30(32)20(2)3/h11-14,17-19,28-29H,2,7-10,15-16H2,1,3-6H3.